The molecule has 1 aliphatic carbocycles. The maximum Gasteiger partial charge on any atom is 0.306 e. The number of pyridine rings is 1. The number of nitrogens with one attached hydrogen (secondary N) is 1. The van der Waals surface area contributed by atoms with E-state index in [4.69, 9.17) is 5.11 Å². The first-order chi connectivity index (χ1) is 9.97. The highest BCUT2D eigenvalue weighted by Gasteiger charge is 2.25. The summed E-state index contributed by atoms with van der Waals surface area (Å²) in [5.41, 5.74) is 0.725. The van der Waals surface area contributed by atoms with Gasteiger partial charge in [0.2, 0.25) is 0 Å². The Morgan fingerprint density at radius 3 is 2.67 bits per heavy atom. The van der Waals surface area contributed by atoms with Crippen LogP contribution in [0.25, 0.3) is 0 Å². The first-order valence-electron chi connectivity index (χ1n) is 7.05. The highest BCUT2D eigenvalue weighted by atomic mass is 16.6. The van der Waals surface area contributed by atoms with Gasteiger partial charge in [0, 0.05) is 12.6 Å². The van der Waals surface area contributed by atoms with E-state index < -0.39 is 10.9 Å². The van der Waals surface area contributed by atoms with Crippen LogP contribution in [0.5, 0.6) is 0 Å². The van der Waals surface area contributed by atoms with Crippen molar-refractivity contribution in [1.82, 2.24) is 4.98 Å². The topological polar surface area (TPSA) is 105 Å². The number of anilines is 1. The molecule has 0 atom stereocenters. The largest absolute Gasteiger partial charge is 0.481 e. The first-order valence-corrected chi connectivity index (χ1v) is 7.05. The van der Waals surface area contributed by atoms with E-state index in [1.165, 1.54) is 12.3 Å². The number of carbonyl (C=O) groups is 1. The van der Waals surface area contributed by atoms with Crippen LogP contribution in [0.1, 0.15) is 31.2 Å². The molecule has 7 nitrogen and oxygen atoms in total. The highest BCUT2D eigenvalue weighted by molar-refractivity contribution is 5.70. The summed E-state index contributed by atoms with van der Waals surface area (Å²) in [7, 11) is 0. The molecule has 0 spiro atoms. The second-order valence-corrected chi connectivity index (χ2v) is 5.55. The first kappa shape index (κ1) is 15.2. The van der Waals surface area contributed by atoms with Gasteiger partial charge in [0.25, 0.3) is 5.69 Å². The lowest BCUT2D eigenvalue weighted by Gasteiger charge is -2.26. The van der Waals surface area contributed by atoms with Crippen molar-refractivity contribution >= 4 is 17.5 Å². The van der Waals surface area contributed by atoms with Gasteiger partial charge in [-0.15, -0.1) is 0 Å². The van der Waals surface area contributed by atoms with Crippen molar-refractivity contribution in [3.8, 4) is 0 Å². The molecule has 0 unspecified atom stereocenters. The maximum absolute atomic E-state index is 10.9. The van der Waals surface area contributed by atoms with Gasteiger partial charge >= 0.3 is 5.97 Å². The zero-order valence-corrected chi connectivity index (χ0v) is 11.9. The normalized spacial score (nSPS) is 21.8. The van der Waals surface area contributed by atoms with Crippen LogP contribution in [0.3, 0.4) is 0 Å². The number of carboxylic acid groups (broad SMARTS) is 1. The fourth-order valence-corrected chi connectivity index (χ4v) is 2.70. The smallest absolute Gasteiger partial charge is 0.306 e. The van der Waals surface area contributed by atoms with E-state index in [0.717, 1.165) is 24.9 Å². The van der Waals surface area contributed by atoms with Crippen molar-refractivity contribution in [1.29, 1.82) is 0 Å². The lowest BCUT2D eigenvalue weighted by atomic mass is 9.82. The average molecular weight is 293 g/mol. The number of rotatable bonds is 5. The van der Waals surface area contributed by atoms with E-state index in [2.05, 4.69) is 10.3 Å². The van der Waals surface area contributed by atoms with Gasteiger partial charge in [-0.25, -0.2) is 4.98 Å². The predicted octanol–water partition coefficient (Wildman–Crippen LogP) is 2.60. The van der Waals surface area contributed by atoms with Gasteiger partial charge in [0.1, 0.15) is 12.0 Å². The molecular weight excluding hydrogens is 274 g/mol. The molecule has 0 aromatic carbocycles. The van der Waals surface area contributed by atoms with Crippen LogP contribution in [0.4, 0.5) is 11.5 Å². The second kappa shape index (κ2) is 6.51. The number of carboxylic acids is 1. The van der Waals surface area contributed by atoms with Gasteiger partial charge in [-0.3, -0.25) is 14.9 Å². The molecule has 7 heteroatoms. The van der Waals surface area contributed by atoms with Crippen LogP contribution < -0.4 is 5.32 Å². The Balaban J connectivity index is 1.87. The molecule has 1 heterocycles. The van der Waals surface area contributed by atoms with Gasteiger partial charge in [-0.05, 0) is 44.1 Å². The molecule has 1 aliphatic rings. The molecular formula is C14H19N3O4. The Bertz CT molecular complexity index is 539. The number of hydrogen-bond acceptors (Lipinski definition) is 5. The minimum atomic E-state index is -0.700. The fourth-order valence-electron chi connectivity index (χ4n) is 2.70. The zero-order chi connectivity index (χ0) is 15.4. The molecule has 1 aromatic heterocycles. The third kappa shape index (κ3) is 3.90. The number of aliphatic carboxylic acids is 1. The second-order valence-electron chi connectivity index (χ2n) is 5.55. The Kier molecular flexibility index (Phi) is 4.72. The molecule has 1 saturated carbocycles. The molecule has 1 aromatic rings. The molecule has 21 heavy (non-hydrogen) atoms. The van der Waals surface area contributed by atoms with Crippen molar-refractivity contribution in [3.63, 3.8) is 0 Å². The Morgan fingerprint density at radius 2 is 2.14 bits per heavy atom. The van der Waals surface area contributed by atoms with Gasteiger partial charge in [-0.2, -0.15) is 0 Å². The summed E-state index contributed by atoms with van der Waals surface area (Å²) in [5.74, 6) is 0.174. The van der Waals surface area contributed by atoms with E-state index in [9.17, 15) is 14.9 Å². The van der Waals surface area contributed by atoms with Gasteiger partial charge in [0.15, 0.2) is 0 Å². The molecule has 0 saturated heterocycles. The van der Waals surface area contributed by atoms with Crippen molar-refractivity contribution in [2.24, 2.45) is 11.8 Å². The molecule has 0 bridgehead atoms. The highest BCUT2D eigenvalue weighted by Crippen LogP contribution is 2.29. The van der Waals surface area contributed by atoms with Crippen molar-refractivity contribution in [3.05, 3.63) is 27.9 Å². The maximum atomic E-state index is 10.9. The summed E-state index contributed by atoms with van der Waals surface area (Å²) >= 11 is 0. The fraction of sp³-hybridized carbons (Fsp3) is 0.571. The number of hydrogen-bond donors (Lipinski definition) is 2. The minimum Gasteiger partial charge on any atom is -0.481 e. The molecule has 2 N–H and O–H groups in total. The summed E-state index contributed by atoms with van der Waals surface area (Å²) < 4.78 is 0. The monoisotopic (exact) mass is 293 g/mol. The van der Waals surface area contributed by atoms with E-state index >= 15 is 0 Å². The summed E-state index contributed by atoms with van der Waals surface area (Å²) in [6.45, 7) is 2.50. The predicted molar refractivity (Wildman–Crippen MR) is 77.2 cm³/mol. The number of aromatic nitrogens is 1. The van der Waals surface area contributed by atoms with E-state index in [0.29, 0.717) is 24.6 Å². The summed E-state index contributed by atoms with van der Waals surface area (Å²) in [6.07, 6.45) is 4.45. The Hall–Kier alpha value is -2.18. The van der Waals surface area contributed by atoms with Crippen LogP contribution >= 0.6 is 0 Å². The number of nitrogens with zero attached hydrogens (tertiary/aromatic N) is 2. The molecule has 2 rings (SSSR count). The van der Waals surface area contributed by atoms with Crippen molar-refractivity contribution < 1.29 is 14.8 Å². The summed E-state index contributed by atoms with van der Waals surface area (Å²) in [5, 5.41) is 22.8. The SMILES string of the molecule is Cc1cc([N+](=O)[O-])cnc1NCC1CCC(C(=O)O)CC1. The van der Waals surface area contributed by atoms with Gasteiger partial charge in [0.05, 0.1) is 10.8 Å². The third-order valence-electron chi connectivity index (χ3n) is 4.03. The lowest BCUT2D eigenvalue weighted by molar-refractivity contribution is -0.385. The third-order valence-corrected chi connectivity index (χ3v) is 4.03. The van der Waals surface area contributed by atoms with E-state index in [1.807, 2.05) is 0 Å². The van der Waals surface area contributed by atoms with Crippen LogP contribution in [-0.4, -0.2) is 27.5 Å². The summed E-state index contributed by atoms with van der Waals surface area (Å²) in [4.78, 5) is 25.2. The van der Waals surface area contributed by atoms with Crippen LogP contribution in [0.2, 0.25) is 0 Å². The van der Waals surface area contributed by atoms with E-state index in [1.54, 1.807) is 6.92 Å². The Labute approximate surface area is 122 Å². The number of nitro groups is 1. The van der Waals surface area contributed by atoms with Crippen molar-refractivity contribution in [2.75, 3.05) is 11.9 Å². The quantitative estimate of drug-likeness (QED) is 0.638. The molecule has 0 amide bonds. The minimum absolute atomic E-state index is 0.0139. The molecule has 0 aliphatic heterocycles. The average Bonchev–Trinajstić information content (AvgIpc) is 2.46. The van der Waals surface area contributed by atoms with Gasteiger partial charge in [-0.1, -0.05) is 0 Å². The molecule has 0 radical (unpaired) electrons. The molecule has 114 valence electrons. The van der Waals surface area contributed by atoms with Crippen molar-refractivity contribution in [2.45, 2.75) is 32.6 Å². The van der Waals surface area contributed by atoms with E-state index in [-0.39, 0.29) is 11.6 Å². The van der Waals surface area contributed by atoms with Crippen LogP contribution in [0.15, 0.2) is 12.3 Å². The van der Waals surface area contributed by atoms with Crippen LogP contribution in [0, 0.1) is 28.9 Å². The number of aryl methyl sites for hydroxylation is 1. The summed E-state index contributed by atoms with van der Waals surface area (Å²) in [6, 6.07) is 1.50. The molecule has 1 fully saturated rings. The lowest BCUT2D eigenvalue weighted by Crippen LogP contribution is -2.25. The van der Waals surface area contributed by atoms with Gasteiger partial charge < -0.3 is 10.4 Å². The standard InChI is InChI=1S/C14H19N3O4/c1-9-6-12(17(20)21)8-16-13(9)15-7-10-2-4-11(5-3-10)14(18)19/h6,8,10-11H,2-5,7H2,1H3,(H,15,16)(H,18,19). The van der Waals surface area contributed by atoms with Crippen LogP contribution in [-0.2, 0) is 4.79 Å². The zero-order valence-electron chi connectivity index (χ0n) is 11.9. The Morgan fingerprint density at radius 1 is 1.48 bits per heavy atom.